The summed E-state index contributed by atoms with van der Waals surface area (Å²) in [4.78, 5) is 23.2. The normalized spacial score (nSPS) is 10.4. The van der Waals surface area contributed by atoms with Crippen molar-refractivity contribution in [3.8, 4) is 11.5 Å². The van der Waals surface area contributed by atoms with Gasteiger partial charge < -0.3 is 24.7 Å². The maximum Gasteiger partial charge on any atom is 0.353 e. The van der Waals surface area contributed by atoms with Gasteiger partial charge in [-0.15, -0.1) is 0 Å². The Bertz CT molecular complexity index is 963. The minimum absolute atomic E-state index is 0.0497. The van der Waals surface area contributed by atoms with Gasteiger partial charge in [0.2, 0.25) is 11.6 Å². The van der Waals surface area contributed by atoms with Crippen molar-refractivity contribution < 1.29 is 14.4 Å². The summed E-state index contributed by atoms with van der Waals surface area (Å²) >= 11 is 0. The van der Waals surface area contributed by atoms with Crippen molar-refractivity contribution in [2.24, 2.45) is 0 Å². The number of imidazole rings is 1. The second-order valence-electron chi connectivity index (χ2n) is 5.95. The summed E-state index contributed by atoms with van der Waals surface area (Å²) in [5.41, 5.74) is 0.236. The van der Waals surface area contributed by atoms with Crippen LogP contribution in [0, 0.1) is 10.1 Å². The van der Waals surface area contributed by atoms with Gasteiger partial charge in [0.15, 0.2) is 0 Å². The van der Waals surface area contributed by atoms with Crippen molar-refractivity contribution in [3.63, 3.8) is 0 Å². The Kier molecular flexibility index (Phi) is 6.40. The van der Waals surface area contributed by atoms with Gasteiger partial charge in [0, 0.05) is 31.5 Å². The van der Waals surface area contributed by atoms with Crippen molar-refractivity contribution in [3.05, 3.63) is 53.4 Å². The van der Waals surface area contributed by atoms with Gasteiger partial charge in [-0.3, -0.25) is 10.1 Å². The lowest BCUT2D eigenvalue weighted by Crippen LogP contribution is -2.11. The molecule has 0 fully saturated rings. The Morgan fingerprint density at radius 1 is 1.21 bits per heavy atom. The first-order chi connectivity index (χ1) is 14.1. The van der Waals surface area contributed by atoms with Crippen LogP contribution in [-0.2, 0) is 6.54 Å². The monoisotopic (exact) mass is 399 g/mol. The second kappa shape index (κ2) is 9.35. The van der Waals surface area contributed by atoms with Gasteiger partial charge in [-0.05, 0) is 18.6 Å². The fourth-order valence-electron chi connectivity index (χ4n) is 2.70. The summed E-state index contributed by atoms with van der Waals surface area (Å²) in [6.07, 6.45) is 7.28. The smallest absolute Gasteiger partial charge is 0.353 e. The molecule has 0 saturated heterocycles. The molecule has 3 aromatic rings. The molecule has 2 heterocycles. The molecule has 2 aromatic heterocycles. The van der Waals surface area contributed by atoms with E-state index in [1.807, 2.05) is 10.8 Å². The molecule has 11 heteroatoms. The fraction of sp³-hybridized carbons (Fsp3) is 0.278. The summed E-state index contributed by atoms with van der Waals surface area (Å²) in [6.45, 7) is 1.23. The maximum atomic E-state index is 11.7. The standard InChI is InChI=1S/C18H21N7O4/c1-28-13-4-5-15(29-2)14(10-13)23-18-16(25(26)27)17(21-11-22-18)20-6-3-8-24-9-7-19-12-24/h4-5,7,9-12H,3,6,8H2,1-2H3,(H2,20,21,22,23). The predicted molar refractivity (Wildman–Crippen MR) is 107 cm³/mol. The molecule has 3 rings (SSSR count). The SMILES string of the molecule is COc1ccc(OC)c(Nc2ncnc(NCCCn3ccnc3)c2[N+](=O)[O-])c1. The number of aromatic nitrogens is 4. The van der Waals surface area contributed by atoms with E-state index < -0.39 is 4.92 Å². The first kappa shape index (κ1) is 19.9. The van der Waals surface area contributed by atoms with Gasteiger partial charge in [-0.1, -0.05) is 0 Å². The Morgan fingerprint density at radius 2 is 2.03 bits per heavy atom. The van der Waals surface area contributed by atoms with Crippen LogP contribution < -0.4 is 20.1 Å². The molecule has 0 aliphatic rings. The Morgan fingerprint density at radius 3 is 2.72 bits per heavy atom. The average molecular weight is 399 g/mol. The molecule has 0 aliphatic carbocycles. The lowest BCUT2D eigenvalue weighted by atomic mass is 10.2. The lowest BCUT2D eigenvalue weighted by molar-refractivity contribution is -0.383. The average Bonchev–Trinajstić information content (AvgIpc) is 3.24. The highest BCUT2D eigenvalue weighted by molar-refractivity contribution is 5.76. The van der Waals surface area contributed by atoms with Crippen LogP contribution in [0.15, 0.2) is 43.2 Å². The van der Waals surface area contributed by atoms with Crippen LogP contribution in [0.1, 0.15) is 6.42 Å². The summed E-state index contributed by atoms with van der Waals surface area (Å²) in [5, 5.41) is 17.7. The topological polar surface area (TPSA) is 129 Å². The van der Waals surface area contributed by atoms with E-state index in [0.717, 1.165) is 13.0 Å². The number of hydrogen-bond donors (Lipinski definition) is 2. The number of nitro groups is 1. The van der Waals surface area contributed by atoms with Gasteiger partial charge in [-0.2, -0.15) is 0 Å². The Hall–Kier alpha value is -3.89. The number of aryl methyl sites for hydroxylation is 1. The number of nitrogens with one attached hydrogen (secondary N) is 2. The first-order valence-corrected chi connectivity index (χ1v) is 8.80. The van der Waals surface area contributed by atoms with E-state index in [-0.39, 0.29) is 17.3 Å². The third kappa shape index (κ3) is 4.89. The Labute approximate surface area is 166 Å². The summed E-state index contributed by atoms with van der Waals surface area (Å²) in [6, 6.07) is 5.10. The molecule has 1 aromatic carbocycles. The zero-order valence-electron chi connectivity index (χ0n) is 16.0. The molecule has 11 nitrogen and oxygen atoms in total. The van der Waals surface area contributed by atoms with Crippen molar-refractivity contribution >= 4 is 23.0 Å². The van der Waals surface area contributed by atoms with E-state index >= 15 is 0 Å². The van der Waals surface area contributed by atoms with Gasteiger partial charge in [-0.25, -0.2) is 15.0 Å². The molecule has 0 saturated carbocycles. The van der Waals surface area contributed by atoms with Crippen LogP contribution in [0.4, 0.5) is 23.0 Å². The third-order valence-corrected chi connectivity index (χ3v) is 4.11. The number of benzene rings is 1. The van der Waals surface area contributed by atoms with E-state index in [0.29, 0.717) is 23.7 Å². The van der Waals surface area contributed by atoms with E-state index in [9.17, 15) is 10.1 Å². The van der Waals surface area contributed by atoms with Gasteiger partial charge in [0.1, 0.15) is 17.8 Å². The molecule has 0 amide bonds. The zero-order valence-corrected chi connectivity index (χ0v) is 16.0. The highest BCUT2D eigenvalue weighted by Gasteiger charge is 2.23. The minimum atomic E-state index is -0.521. The molecule has 0 spiro atoms. The van der Waals surface area contributed by atoms with Crippen LogP contribution in [0.25, 0.3) is 0 Å². The van der Waals surface area contributed by atoms with E-state index in [4.69, 9.17) is 9.47 Å². The van der Waals surface area contributed by atoms with Crippen LogP contribution in [0.5, 0.6) is 11.5 Å². The van der Waals surface area contributed by atoms with E-state index in [2.05, 4.69) is 25.6 Å². The summed E-state index contributed by atoms with van der Waals surface area (Å²) < 4.78 is 12.4. The number of rotatable bonds is 10. The van der Waals surface area contributed by atoms with Gasteiger partial charge in [0.25, 0.3) is 0 Å². The molecule has 2 N–H and O–H groups in total. The minimum Gasteiger partial charge on any atom is -0.497 e. The molecule has 29 heavy (non-hydrogen) atoms. The molecule has 0 bridgehead atoms. The van der Waals surface area contributed by atoms with E-state index in [1.54, 1.807) is 30.7 Å². The molecule has 0 atom stereocenters. The highest BCUT2D eigenvalue weighted by atomic mass is 16.6. The highest BCUT2D eigenvalue weighted by Crippen LogP contribution is 2.36. The molecular weight excluding hydrogens is 378 g/mol. The van der Waals surface area contributed by atoms with Crippen LogP contribution in [0.3, 0.4) is 0 Å². The molecule has 0 radical (unpaired) electrons. The van der Waals surface area contributed by atoms with Gasteiger partial charge >= 0.3 is 5.69 Å². The molecule has 152 valence electrons. The van der Waals surface area contributed by atoms with Crippen molar-refractivity contribution in [2.45, 2.75) is 13.0 Å². The van der Waals surface area contributed by atoms with Crippen molar-refractivity contribution in [1.82, 2.24) is 19.5 Å². The number of anilines is 3. The van der Waals surface area contributed by atoms with Crippen LogP contribution in [-0.4, -0.2) is 45.2 Å². The van der Waals surface area contributed by atoms with Crippen molar-refractivity contribution in [1.29, 1.82) is 0 Å². The van der Waals surface area contributed by atoms with Crippen molar-refractivity contribution in [2.75, 3.05) is 31.4 Å². The quantitative estimate of drug-likeness (QED) is 0.300. The molecule has 0 aliphatic heterocycles. The van der Waals surface area contributed by atoms with E-state index in [1.165, 1.54) is 20.5 Å². The number of ether oxygens (including phenoxy) is 2. The fourth-order valence-corrected chi connectivity index (χ4v) is 2.70. The number of nitrogens with zero attached hydrogens (tertiary/aromatic N) is 5. The Balaban J connectivity index is 1.79. The summed E-state index contributed by atoms with van der Waals surface area (Å²) in [7, 11) is 3.04. The first-order valence-electron chi connectivity index (χ1n) is 8.80. The predicted octanol–water partition coefficient (Wildman–Crippen LogP) is 2.84. The lowest BCUT2D eigenvalue weighted by Gasteiger charge is -2.13. The largest absolute Gasteiger partial charge is 0.497 e. The molecule has 0 unspecified atom stereocenters. The number of methoxy groups -OCH3 is 2. The third-order valence-electron chi connectivity index (χ3n) is 4.11. The van der Waals surface area contributed by atoms with Crippen LogP contribution >= 0.6 is 0 Å². The second-order valence-corrected chi connectivity index (χ2v) is 5.95. The van der Waals surface area contributed by atoms with Crippen LogP contribution in [0.2, 0.25) is 0 Å². The molecular formula is C18H21N7O4. The summed E-state index contributed by atoms with van der Waals surface area (Å²) in [5.74, 6) is 1.25. The number of hydrogen-bond acceptors (Lipinski definition) is 9. The van der Waals surface area contributed by atoms with Gasteiger partial charge in [0.05, 0.1) is 31.2 Å². The zero-order chi connectivity index (χ0) is 20.6. The maximum absolute atomic E-state index is 11.7.